The molecular formula is C16H20N2O. The number of nitrogens with zero attached hydrogens (tertiary/aromatic N) is 2. The topological polar surface area (TPSA) is 36.4 Å². The molecule has 3 heteroatoms. The molecule has 1 aromatic heterocycles. The largest absolute Gasteiger partial charge is 0.506 e. The van der Waals surface area contributed by atoms with E-state index >= 15 is 0 Å². The standard InChI is InChI=1S/C16H20N2O/c1-11-8-12(2)10-18(9-11)15-7-6-13-4-3-5-14(19)16(13)17-15/h3-7,11-12,19H,8-10H2,1-2H3/t11-,12-/m1/s1. The maximum absolute atomic E-state index is 9.92. The molecule has 2 atom stereocenters. The molecule has 100 valence electrons. The number of benzene rings is 1. The average molecular weight is 256 g/mol. The normalized spacial score (nSPS) is 23.8. The van der Waals surface area contributed by atoms with Crippen molar-refractivity contribution in [3.05, 3.63) is 30.3 Å². The molecule has 3 rings (SSSR count). The van der Waals surface area contributed by atoms with Crippen LogP contribution in [0.1, 0.15) is 20.3 Å². The maximum atomic E-state index is 9.92. The van der Waals surface area contributed by atoms with Gasteiger partial charge in [-0.15, -0.1) is 0 Å². The Balaban J connectivity index is 1.98. The van der Waals surface area contributed by atoms with Crippen LogP contribution in [0.4, 0.5) is 5.82 Å². The first-order valence-corrected chi connectivity index (χ1v) is 6.97. The molecule has 0 bridgehead atoms. The summed E-state index contributed by atoms with van der Waals surface area (Å²) in [5, 5.41) is 10.9. The van der Waals surface area contributed by atoms with Crippen molar-refractivity contribution in [2.24, 2.45) is 11.8 Å². The van der Waals surface area contributed by atoms with Gasteiger partial charge in [-0.1, -0.05) is 26.0 Å². The van der Waals surface area contributed by atoms with E-state index in [1.165, 1.54) is 6.42 Å². The molecule has 1 N–H and O–H groups in total. The number of fused-ring (bicyclic) bond motifs is 1. The minimum absolute atomic E-state index is 0.262. The van der Waals surface area contributed by atoms with Crippen LogP contribution in [0.25, 0.3) is 10.9 Å². The van der Waals surface area contributed by atoms with Crippen LogP contribution in [0, 0.1) is 11.8 Å². The number of phenols is 1. The lowest BCUT2D eigenvalue weighted by Crippen LogP contribution is -2.39. The highest BCUT2D eigenvalue weighted by Gasteiger charge is 2.22. The molecule has 0 unspecified atom stereocenters. The molecule has 0 spiro atoms. The first-order valence-electron chi connectivity index (χ1n) is 6.97. The lowest BCUT2D eigenvalue weighted by molar-refractivity contribution is 0.355. The number of aromatic nitrogens is 1. The van der Waals surface area contributed by atoms with Crippen molar-refractivity contribution in [3.8, 4) is 5.75 Å². The van der Waals surface area contributed by atoms with E-state index in [9.17, 15) is 5.11 Å². The number of para-hydroxylation sites is 1. The van der Waals surface area contributed by atoms with Gasteiger partial charge in [0.05, 0.1) is 0 Å². The average Bonchev–Trinajstić information content (AvgIpc) is 2.38. The van der Waals surface area contributed by atoms with E-state index in [0.29, 0.717) is 17.4 Å². The van der Waals surface area contributed by atoms with Gasteiger partial charge < -0.3 is 10.0 Å². The summed E-state index contributed by atoms with van der Waals surface area (Å²) in [4.78, 5) is 6.98. The predicted molar refractivity (Wildman–Crippen MR) is 78.6 cm³/mol. The predicted octanol–water partition coefficient (Wildman–Crippen LogP) is 3.42. The van der Waals surface area contributed by atoms with E-state index < -0.39 is 0 Å². The molecule has 1 aromatic carbocycles. The summed E-state index contributed by atoms with van der Waals surface area (Å²) in [7, 11) is 0. The zero-order valence-electron chi connectivity index (χ0n) is 11.5. The highest BCUT2D eigenvalue weighted by atomic mass is 16.3. The van der Waals surface area contributed by atoms with Gasteiger partial charge in [0.25, 0.3) is 0 Å². The second kappa shape index (κ2) is 4.72. The van der Waals surface area contributed by atoms with Crippen molar-refractivity contribution in [3.63, 3.8) is 0 Å². The van der Waals surface area contributed by atoms with Crippen LogP contribution in [0.2, 0.25) is 0 Å². The summed E-state index contributed by atoms with van der Waals surface area (Å²) in [6, 6.07) is 9.63. The number of hydrogen-bond donors (Lipinski definition) is 1. The molecule has 3 nitrogen and oxygen atoms in total. The van der Waals surface area contributed by atoms with Crippen LogP contribution < -0.4 is 4.90 Å². The SMILES string of the molecule is C[C@@H]1C[C@@H](C)CN(c2ccc3cccc(O)c3n2)C1. The Bertz CT molecular complexity index is 586. The second-order valence-corrected chi connectivity index (χ2v) is 5.87. The van der Waals surface area contributed by atoms with E-state index in [1.54, 1.807) is 6.07 Å². The van der Waals surface area contributed by atoms with Crippen LogP contribution in [-0.4, -0.2) is 23.2 Å². The Kier molecular flexibility index (Phi) is 3.05. The van der Waals surface area contributed by atoms with Crippen molar-refractivity contribution >= 4 is 16.7 Å². The fraction of sp³-hybridized carbons (Fsp3) is 0.438. The van der Waals surface area contributed by atoms with E-state index in [1.807, 2.05) is 18.2 Å². The highest BCUT2D eigenvalue weighted by Crippen LogP contribution is 2.29. The van der Waals surface area contributed by atoms with E-state index in [4.69, 9.17) is 0 Å². The third kappa shape index (κ3) is 2.37. The molecule has 0 amide bonds. The molecule has 2 aromatic rings. The van der Waals surface area contributed by atoms with Crippen molar-refractivity contribution < 1.29 is 5.11 Å². The maximum Gasteiger partial charge on any atom is 0.141 e. The monoisotopic (exact) mass is 256 g/mol. The van der Waals surface area contributed by atoms with Gasteiger partial charge >= 0.3 is 0 Å². The van der Waals surface area contributed by atoms with Gasteiger partial charge in [-0.25, -0.2) is 4.98 Å². The molecule has 2 heterocycles. The van der Waals surface area contributed by atoms with Gasteiger partial charge in [-0.05, 0) is 36.5 Å². The molecule has 0 saturated carbocycles. The minimum atomic E-state index is 0.262. The van der Waals surface area contributed by atoms with Gasteiger partial charge in [0.1, 0.15) is 17.1 Å². The van der Waals surface area contributed by atoms with Crippen LogP contribution in [-0.2, 0) is 0 Å². The van der Waals surface area contributed by atoms with E-state index in [-0.39, 0.29) is 5.75 Å². The van der Waals surface area contributed by atoms with Crippen molar-refractivity contribution in [1.29, 1.82) is 0 Å². The summed E-state index contributed by atoms with van der Waals surface area (Å²) in [6.07, 6.45) is 1.29. The number of aromatic hydroxyl groups is 1. The van der Waals surface area contributed by atoms with Gasteiger partial charge in [0, 0.05) is 18.5 Å². The van der Waals surface area contributed by atoms with Crippen LogP contribution in [0.15, 0.2) is 30.3 Å². The number of rotatable bonds is 1. The first kappa shape index (κ1) is 12.3. The Hall–Kier alpha value is -1.77. The summed E-state index contributed by atoms with van der Waals surface area (Å²) in [6.45, 7) is 6.69. The smallest absolute Gasteiger partial charge is 0.141 e. The number of pyridine rings is 1. The Morgan fingerprint density at radius 3 is 2.58 bits per heavy atom. The van der Waals surface area contributed by atoms with E-state index in [0.717, 1.165) is 24.3 Å². The fourth-order valence-electron chi connectivity index (χ4n) is 3.15. The molecule has 1 aliphatic heterocycles. The van der Waals surface area contributed by atoms with Crippen LogP contribution in [0.5, 0.6) is 5.75 Å². The van der Waals surface area contributed by atoms with Crippen molar-refractivity contribution in [2.75, 3.05) is 18.0 Å². The second-order valence-electron chi connectivity index (χ2n) is 5.87. The Morgan fingerprint density at radius 1 is 1.11 bits per heavy atom. The van der Waals surface area contributed by atoms with Crippen molar-refractivity contribution in [2.45, 2.75) is 20.3 Å². The fourth-order valence-corrected chi connectivity index (χ4v) is 3.15. The third-order valence-electron chi connectivity index (χ3n) is 3.88. The van der Waals surface area contributed by atoms with Gasteiger partial charge in [0.2, 0.25) is 0 Å². The van der Waals surface area contributed by atoms with Crippen molar-refractivity contribution in [1.82, 2.24) is 4.98 Å². The number of piperidine rings is 1. The third-order valence-corrected chi connectivity index (χ3v) is 3.88. The lowest BCUT2D eigenvalue weighted by atomic mass is 9.92. The van der Waals surface area contributed by atoms with E-state index in [2.05, 4.69) is 29.8 Å². The molecular weight excluding hydrogens is 236 g/mol. The molecule has 19 heavy (non-hydrogen) atoms. The summed E-state index contributed by atoms with van der Waals surface area (Å²) in [5.74, 6) is 2.64. The summed E-state index contributed by atoms with van der Waals surface area (Å²) < 4.78 is 0. The minimum Gasteiger partial charge on any atom is -0.506 e. The van der Waals surface area contributed by atoms with Crippen LogP contribution in [0.3, 0.4) is 0 Å². The van der Waals surface area contributed by atoms with Gasteiger partial charge in [0.15, 0.2) is 0 Å². The van der Waals surface area contributed by atoms with Crippen LogP contribution >= 0.6 is 0 Å². The molecule has 1 fully saturated rings. The molecule has 1 aliphatic rings. The molecule has 0 aliphatic carbocycles. The molecule has 1 saturated heterocycles. The zero-order chi connectivity index (χ0) is 13.4. The lowest BCUT2D eigenvalue weighted by Gasteiger charge is -2.35. The zero-order valence-corrected chi connectivity index (χ0v) is 11.5. The van der Waals surface area contributed by atoms with Gasteiger partial charge in [-0.3, -0.25) is 0 Å². The summed E-state index contributed by atoms with van der Waals surface area (Å²) in [5.41, 5.74) is 0.700. The Labute approximate surface area is 113 Å². The number of anilines is 1. The molecule has 0 radical (unpaired) electrons. The number of hydrogen-bond acceptors (Lipinski definition) is 3. The highest BCUT2D eigenvalue weighted by molar-refractivity contribution is 5.85. The number of phenolic OH excluding ortho intramolecular Hbond substituents is 1. The Morgan fingerprint density at radius 2 is 1.84 bits per heavy atom. The first-order chi connectivity index (χ1) is 9.13. The quantitative estimate of drug-likeness (QED) is 0.849. The van der Waals surface area contributed by atoms with Gasteiger partial charge in [-0.2, -0.15) is 0 Å². The summed E-state index contributed by atoms with van der Waals surface area (Å²) >= 11 is 0.